The molecule has 0 aliphatic heterocycles. The number of carbonyl (C=O) groups is 1. The summed E-state index contributed by atoms with van der Waals surface area (Å²) in [4.78, 5) is 17.4. The lowest BCUT2D eigenvalue weighted by molar-refractivity contribution is 0.0513. The van der Waals surface area contributed by atoms with Crippen LogP contribution in [0.4, 0.5) is 0 Å². The minimum atomic E-state index is -0.390. The maximum Gasteiger partial charge on any atom is 0.356 e. The molecule has 3 rings (SSSR count). The number of carbonyl (C=O) groups excluding carboxylic acids is 1. The van der Waals surface area contributed by atoms with Crippen LogP contribution in [0, 0.1) is 10.8 Å². The molecule has 0 bridgehead atoms. The number of nitrogens with zero attached hydrogens (tertiary/aromatic N) is 3. The molecule has 9 heteroatoms. The predicted molar refractivity (Wildman–Crippen MR) is 99.6 cm³/mol. The van der Waals surface area contributed by atoms with E-state index >= 15 is 0 Å². The molecule has 3 aromatic rings. The molecule has 0 aromatic carbocycles. The molecule has 0 N–H and O–H groups in total. The van der Waals surface area contributed by atoms with Crippen molar-refractivity contribution in [3.05, 3.63) is 43.4 Å². The van der Waals surface area contributed by atoms with Crippen molar-refractivity contribution in [3.8, 4) is 10.6 Å². The van der Waals surface area contributed by atoms with E-state index in [0.717, 1.165) is 4.88 Å². The van der Waals surface area contributed by atoms with Crippen LogP contribution in [0.15, 0.2) is 22.7 Å². The molecule has 6 nitrogen and oxygen atoms in total. The first-order valence-electron chi connectivity index (χ1n) is 7.10. The minimum Gasteiger partial charge on any atom is -0.461 e. The Morgan fingerprint density at radius 3 is 2.96 bits per heavy atom. The van der Waals surface area contributed by atoms with Crippen LogP contribution in [0.3, 0.4) is 0 Å². The molecule has 0 saturated carbocycles. The van der Waals surface area contributed by atoms with Gasteiger partial charge in [-0.1, -0.05) is 16.8 Å². The van der Waals surface area contributed by atoms with E-state index in [2.05, 4.69) is 32.7 Å². The molecule has 3 heterocycles. The fourth-order valence-electron chi connectivity index (χ4n) is 2.25. The van der Waals surface area contributed by atoms with Gasteiger partial charge in [0.2, 0.25) is 0 Å². The highest BCUT2D eigenvalue weighted by Crippen LogP contribution is 2.31. The number of ether oxygens (including phenoxy) is 1. The second kappa shape index (κ2) is 7.24. The zero-order chi connectivity index (χ0) is 17.3. The lowest BCUT2D eigenvalue weighted by Gasteiger charge is -2.07. The summed E-state index contributed by atoms with van der Waals surface area (Å²) in [5, 5.41) is 4.08. The lowest BCUT2D eigenvalue weighted by atomic mass is 10.3. The fraction of sp³-hybridized carbons (Fsp3) is 0.267. The highest BCUT2D eigenvalue weighted by molar-refractivity contribution is 14.1. The van der Waals surface area contributed by atoms with Crippen LogP contribution in [-0.4, -0.2) is 27.3 Å². The second-order valence-corrected chi connectivity index (χ2v) is 7.59. The van der Waals surface area contributed by atoms with Crippen molar-refractivity contribution in [2.45, 2.75) is 20.4 Å². The van der Waals surface area contributed by atoms with E-state index in [0.29, 0.717) is 44.2 Å². The van der Waals surface area contributed by atoms with Crippen molar-refractivity contribution in [3.63, 3.8) is 0 Å². The second-order valence-electron chi connectivity index (χ2n) is 4.91. The number of halogens is 2. The van der Waals surface area contributed by atoms with Crippen molar-refractivity contribution in [1.29, 1.82) is 0 Å². The Morgan fingerprint density at radius 1 is 1.50 bits per heavy atom. The molecule has 0 atom stereocenters. The van der Waals surface area contributed by atoms with Gasteiger partial charge in [0.15, 0.2) is 15.3 Å². The van der Waals surface area contributed by atoms with Gasteiger partial charge in [0.05, 0.1) is 28.1 Å². The summed E-state index contributed by atoms with van der Waals surface area (Å²) in [6.07, 6.45) is 0. The highest BCUT2D eigenvalue weighted by atomic mass is 127. The summed E-state index contributed by atoms with van der Waals surface area (Å²) < 4.78 is 13.7. The van der Waals surface area contributed by atoms with Crippen LogP contribution in [0.1, 0.15) is 28.8 Å². The first-order valence-corrected chi connectivity index (χ1v) is 9.38. The van der Waals surface area contributed by atoms with Gasteiger partial charge >= 0.3 is 5.97 Å². The Balaban J connectivity index is 1.89. The number of hydrogen-bond acceptors (Lipinski definition) is 6. The van der Waals surface area contributed by atoms with E-state index in [1.165, 1.54) is 11.3 Å². The van der Waals surface area contributed by atoms with Crippen LogP contribution < -0.4 is 0 Å². The summed E-state index contributed by atoms with van der Waals surface area (Å²) in [5.74, 6) is 0.255. The Bertz CT molecular complexity index is 887. The monoisotopic (exact) mass is 477 g/mol. The molecule has 0 spiro atoms. The van der Waals surface area contributed by atoms with E-state index in [-0.39, 0.29) is 5.97 Å². The Morgan fingerprint density at radius 2 is 2.29 bits per heavy atom. The molecule has 0 saturated heterocycles. The predicted octanol–water partition coefficient (Wildman–Crippen LogP) is 4.39. The maximum absolute atomic E-state index is 12.2. The largest absolute Gasteiger partial charge is 0.461 e. The first-order chi connectivity index (χ1) is 11.5. The van der Waals surface area contributed by atoms with Crippen LogP contribution in [0.5, 0.6) is 0 Å². The third-order valence-electron chi connectivity index (χ3n) is 3.26. The van der Waals surface area contributed by atoms with Crippen molar-refractivity contribution in [1.82, 2.24) is 14.7 Å². The van der Waals surface area contributed by atoms with E-state index in [4.69, 9.17) is 20.9 Å². The number of imidazole rings is 1. The molecular formula is C15H13ClIN3O3S. The fourth-order valence-corrected chi connectivity index (χ4v) is 4.02. The van der Waals surface area contributed by atoms with Gasteiger partial charge in [0.25, 0.3) is 0 Å². The Labute approximate surface area is 160 Å². The zero-order valence-electron chi connectivity index (χ0n) is 12.9. The van der Waals surface area contributed by atoms with Crippen molar-refractivity contribution < 1.29 is 14.1 Å². The summed E-state index contributed by atoms with van der Waals surface area (Å²) >= 11 is 9.45. The van der Waals surface area contributed by atoms with Crippen LogP contribution in [-0.2, 0) is 11.3 Å². The quantitative estimate of drug-likeness (QED) is 0.403. The molecule has 126 valence electrons. The number of rotatable bonds is 5. The maximum atomic E-state index is 12.2. The van der Waals surface area contributed by atoms with Crippen molar-refractivity contribution in [2.75, 3.05) is 6.61 Å². The summed E-state index contributed by atoms with van der Waals surface area (Å²) in [5.41, 5.74) is 1.76. The summed E-state index contributed by atoms with van der Waals surface area (Å²) in [6.45, 7) is 4.24. The molecule has 0 radical (unpaired) electrons. The van der Waals surface area contributed by atoms with Gasteiger partial charge in [0, 0.05) is 6.07 Å². The third kappa shape index (κ3) is 3.50. The Hall–Kier alpha value is -1.39. The van der Waals surface area contributed by atoms with Gasteiger partial charge < -0.3 is 13.8 Å². The number of aromatic nitrogens is 3. The first kappa shape index (κ1) is 17.4. The molecule has 0 amide bonds. The number of thiophene rings is 1. The summed E-state index contributed by atoms with van der Waals surface area (Å²) in [7, 11) is 0. The molecule has 0 aliphatic rings. The standard InChI is InChI=1S/C15H13ClIN3O3S/c1-3-22-14(21)13-8(2)18-15(17)20(13)7-9-6-10(23-19-9)11-4-5-12(16)24-11/h4-6H,3,7H2,1-2H3. The SMILES string of the molecule is CCOC(=O)c1c(C)nc(I)n1Cc1cc(-c2ccc(Cl)s2)on1. The molecule has 0 unspecified atom stereocenters. The highest BCUT2D eigenvalue weighted by Gasteiger charge is 2.22. The average molecular weight is 478 g/mol. The van der Waals surface area contributed by atoms with Gasteiger partial charge in [0.1, 0.15) is 5.69 Å². The molecule has 0 aliphatic carbocycles. The van der Waals surface area contributed by atoms with E-state index in [1.54, 1.807) is 18.4 Å². The number of hydrogen-bond donors (Lipinski definition) is 0. The number of esters is 1. The topological polar surface area (TPSA) is 70.2 Å². The van der Waals surface area contributed by atoms with Crippen molar-refractivity contribution in [2.24, 2.45) is 0 Å². The van der Waals surface area contributed by atoms with Crippen molar-refractivity contribution >= 4 is 51.5 Å². The zero-order valence-corrected chi connectivity index (χ0v) is 16.6. The van der Waals surface area contributed by atoms with E-state index < -0.39 is 0 Å². The lowest BCUT2D eigenvalue weighted by Crippen LogP contribution is -2.15. The van der Waals surface area contributed by atoms with Crippen LogP contribution in [0.25, 0.3) is 10.6 Å². The van der Waals surface area contributed by atoms with Gasteiger partial charge in [-0.25, -0.2) is 9.78 Å². The smallest absolute Gasteiger partial charge is 0.356 e. The Kier molecular flexibility index (Phi) is 5.26. The van der Waals surface area contributed by atoms with E-state index in [9.17, 15) is 4.79 Å². The van der Waals surface area contributed by atoms with Gasteiger partial charge in [-0.2, -0.15) is 0 Å². The van der Waals surface area contributed by atoms with Gasteiger partial charge in [-0.15, -0.1) is 11.3 Å². The van der Waals surface area contributed by atoms with Crippen LogP contribution in [0.2, 0.25) is 4.34 Å². The van der Waals surface area contributed by atoms with Gasteiger partial charge in [-0.05, 0) is 48.6 Å². The van der Waals surface area contributed by atoms with Crippen LogP contribution >= 0.6 is 45.5 Å². The molecule has 24 heavy (non-hydrogen) atoms. The molecule has 0 fully saturated rings. The molecule has 3 aromatic heterocycles. The normalized spacial score (nSPS) is 11.0. The molecular weight excluding hydrogens is 465 g/mol. The van der Waals surface area contributed by atoms with E-state index in [1.807, 2.05) is 18.2 Å². The third-order valence-corrected chi connectivity index (χ3v) is 5.33. The summed E-state index contributed by atoms with van der Waals surface area (Å²) in [6, 6.07) is 5.53. The van der Waals surface area contributed by atoms with Gasteiger partial charge in [-0.3, -0.25) is 0 Å². The minimum absolute atomic E-state index is 0.313. The average Bonchev–Trinajstić information content (AvgIpc) is 3.21. The number of aryl methyl sites for hydroxylation is 1.